The highest BCUT2D eigenvalue weighted by atomic mass is 35.5. The number of rotatable bonds is 8. The van der Waals surface area contributed by atoms with E-state index < -0.39 is 51.8 Å². The molecule has 3 rings (SSSR count). The van der Waals surface area contributed by atoms with Crippen LogP contribution in [-0.4, -0.2) is 48.1 Å². The number of sulfonamides is 1. The zero-order valence-electron chi connectivity index (χ0n) is 22.3. The molecule has 0 saturated carbocycles. The number of alkyl halides is 3. The predicted molar refractivity (Wildman–Crippen MR) is 137 cm³/mol. The van der Waals surface area contributed by atoms with E-state index in [9.17, 15) is 31.6 Å². The number of esters is 1. The fourth-order valence-electron chi connectivity index (χ4n) is 4.05. The number of nitriles is 1. The van der Waals surface area contributed by atoms with Gasteiger partial charge in [0.25, 0.3) is 10.0 Å². The number of aromatic nitrogens is 2. The van der Waals surface area contributed by atoms with Gasteiger partial charge in [0.2, 0.25) is 5.60 Å². The lowest BCUT2D eigenvalue weighted by Gasteiger charge is -2.42. The molecule has 0 unspecified atom stereocenters. The maximum Gasteiger partial charge on any atom is 0.427 e. The smallest absolute Gasteiger partial charge is 0.427 e. The molecule has 0 aliphatic carbocycles. The van der Waals surface area contributed by atoms with Gasteiger partial charge < -0.3 is 9.47 Å². The first-order chi connectivity index (χ1) is 17.8. The van der Waals surface area contributed by atoms with E-state index in [2.05, 4.69) is 15.9 Å². The molecule has 0 N–H and O–H groups in total. The number of ether oxygens (including phenoxy) is 2. The minimum Gasteiger partial charge on any atom is -0.486 e. The average Bonchev–Trinajstić information content (AvgIpc) is 3.20. The van der Waals surface area contributed by atoms with E-state index in [1.54, 1.807) is 27.7 Å². The summed E-state index contributed by atoms with van der Waals surface area (Å²) in [6, 6.07) is 5.59. The first-order valence-electron chi connectivity index (χ1n) is 12.1. The molecule has 39 heavy (non-hydrogen) atoms. The molecule has 1 aliphatic heterocycles. The van der Waals surface area contributed by atoms with Crippen LogP contribution in [0.15, 0.2) is 29.3 Å². The van der Waals surface area contributed by atoms with Crippen LogP contribution in [0, 0.1) is 16.7 Å². The third-order valence-corrected chi connectivity index (χ3v) is 8.70. The van der Waals surface area contributed by atoms with Gasteiger partial charge in [-0.05, 0) is 59.2 Å². The third kappa shape index (κ3) is 6.27. The van der Waals surface area contributed by atoms with Crippen molar-refractivity contribution in [2.45, 2.75) is 89.7 Å². The van der Waals surface area contributed by atoms with Gasteiger partial charge in [-0.25, -0.2) is 8.42 Å². The van der Waals surface area contributed by atoms with Crippen molar-refractivity contribution in [1.82, 2.24) is 9.78 Å². The van der Waals surface area contributed by atoms with E-state index in [0.717, 1.165) is 18.2 Å². The normalized spacial score (nSPS) is 18.2. The quantitative estimate of drug-likeness (QED) is 0.385. The largest absolute Gasteiger partial charge is 0.486 e. The molecule has 9 nitrogen and oxygen atoms in total. The van der Waals surface area contributed by atoms with Crippen molar-refractivity contribution >= 4 is 33.3 Å². The molecule has 2 atom stereocenters. The fourth-order valence-corrected chi connectivity index (χ4v) is 6.19. The Labute approximate surface area is 230 Å². The number of anilines is 1. The third-order valence-electron chi connectivity index (χ3n) is 6.41. The number of carbonyl (C=O) groups is 1. The van der Waals surface area contributed by atoms with Crippen LogP contribution in [0.5, 0.6) is 5.75 Å². The van der Waals surface area contributed by atoms with Crippen LogP contribution in [0.1, 0.15) is 53.5 Å². The topological polar surface area (TPSA) is 115 Å². The average molecular weight is 591 g/mol. The number of aryl methyl sites for hydroxylation is 1. The number of carbonyl (C=O) groups excluding carboxylic acids is 1. The number of hydrogen-bond acceptors (Lipinski definition) is 7. The molecule has 1 aromatic carbocycles. The van der Waals surface area contributed by atoms with E-state index in [4.69, 9.17) is 16.3 Å². The highest BCUT2D eigenvalue weighted by molar-refractivity contribution is 7.93. The zero-order valence-corrected chi connectivity index (χ0v) is 23.9. The van der Waals surface area contributed by atoms with E-state index >= 15 is 0 Å². The van der Waals surface area contributed by atoms with Gasteiger partial charge in [0, 0.05) is 19.2 Å². The van der Waals surface area contributed by atoms with E-state index in [-0.39, 0.29) is 33.5 Å². The summed E-state index contributed by atoms with van der Waals surface area (Å²) in [7, 11) is -4.34. The van der Waals surface area contributed by atoms with Gasteiger partial charge in [-0.1, -0.05) is 17.7 Å². The molecule has 14 heteroatoms. The molecule has 2 heterocycles. The summed E-state index contributed by atoms with van der Waals surface area (Å²) in [6.45, 7) is 8.63. The Morgan fingerprint density at radius 3 is 2.44 bits per heavy atom. The summed E-state index contributed by atoms with van der Waals surface area (Å²) < 4.78 is 80.7. The van der Waals surface area contributed by atoms with Gasteiger partial charge in [0.1, 0.15) is 16.7 Å². The highest BCUT2D eigenvalue weighted by Crippen LogP contribution is 2.43. The number of benzene rings is 1. The maximum atomic E-state index is 14.0. The maximum absolute atomic E-state index is 14.0. The van der Waals surface area contributed by atoms with Gasteiger partial charge in [0.05, 0.1) is 29.6 Å². The molecule has 0 saturated heterocycles. The number of nitrogens with zero attached hydrogens (tertiary/aromatic N) is 4. The van der Waals surface area contributed by atoms with Crippen LogP contribution in [0.2, 0.25) is 5.15 Å². The summed E-state index contributed by atoms with van der Waals surface area (Å²) in [4.78, 5) is 12.1. The number of fused-ring (bicyclic) bond motifs is 1. The van der Waals surface area contributed by atoms with Gasteiger partial charge >= 0.3 is 12.1 Å². The lowest BCUT2D eigenvalue weighted by atomic mass is 9.86. The van der Waals surface area contributed by atoms with Crippen LogP contribution < -0.4 is 9.04 Å². The Kier molecular flexibility index (Phi) is 8.26. The molecule has 2 aromatic rings. The summed E-state index contributed by atoms with van der Waals surface area (Å²) in [5.74, 6) is -0.987. The van der Waals surface area contributed by atoms with E-state index in [0.29, 0.717) is 6.54 Å². The van der Waals surface area contributed by atoms with Crippen molar-refractivity contribution in [2.24, 2.45) is 5.41 Å². The first-order valence-corrected chi connectivity index (χ1v) is 13.9. The zero-order chi connectivity index (χ0) is 29.6. The Morgan fingerprint density at radius 1 is 1.26 bits per heavy atom. The second kappa shape index (κ2) is 10.5. The molecule has 214 valence electrons. The Balaban J connectivity index is 2.07. The van der Waals surface area contributed by atoms with Gasteiger partial charge in [-0.3, -0.25) is 13.8 Å². The molecule has 1 aliphatic rings. The van der Waals surface area contributed by atoms with Crippen molar-refractivity contribution < 1.29 is 35.9 Å². The highest BCUT2D eigenvalue weighted by Gasteiger charge is 2.51. The summed E-state index contributed by atoms with van der Waals surface area (Å²) in [5.41, 5.74) is -3.28. The Morgan fingerprint density at radius 2 is 1.90 bits per heavy atom. The van der Waals surface area contributed by atoms with Crippen molar-refractivity contribution in [3.63, 3.8) is 0 Å². The standard InChI is InChI=1S/C25H30ClF3N4O5S/c1-7-32-13-20(22(26)31-32)39(35,36)33-15(2)19(12-23(3,4)14-30)37-18-9-8-16(10-17(18)33)11-21(34)38-24(5,6)25(27,28)29/h8-10,13,15,19H,7,11-12H2,1-6H3/t15-,19+/m1/s1. The predicted octanol–water partition coefficient (Wildman–Crippen LogP) is 5.27. The molecule has 0 amide bonds. The van der Waals surface area contributed by atoms with Gasteiger partial charge in [0.15, 0.2) is 5.15 Å². The number of halogens is 4. The van der Waals surface area contributed by atoms with Crippen molar-refractivity contribution in [2.75, 3.05) is 4.31 Å². The fraction of sp³-hybridized carbons (Fsp3) is 0.560. The second-order valence-electron chi connectivity index (χ2n) is 10.5. The van der Waals surface area contributed by atoms with Crippen LogP contribution in [-0.2, 0) is 32.5 Å². The van der Waals surface area contributed by atoms with Crippen LogP contribution >= 0.6 is 11.6 Å². The van der Waals surface area contributed by atoms with Crippen LogP contribution in [0.25, 0.3) is 0 Å². The van der Waals surface area contributed by atoms with Crippen LogP contribution in [0.3, 0.4) is 0 Å². The summed E-state index contributed by atoms with van der Waals surface area (Å²) >= 11 is 6.20. The van der Waals surface area contributed by atoms with E-state index in [1.165, 1.54) is 29.1 Å². The molecule has 1 aromatic heterocycles. The molecular weight excluding hydrogens is 561 g/mol. The minimum absolute atomic E-state index is 0.0641. The molecule has 0 fully saturated rings. The van der Waals surface area contributed by atoms with Crippen molar-refractivity contribution in [3.8, 4) is 11.8 Å². The summed E-state index contributed by atoms with van der Waals surface area (Å²) in [6.07, 6.45) is -4.56. The van der Waals surface area contributed by atoms with Crippen LogP contribution in [0.4, 0.5) is 18.9 Å². The molecule has 0 spiro atoms. The monoisotopic (exact) mass is 590 g/mol. The lowest BCUT2D eigenvalue weighted by Crippen LogP contribution is -2.52. The second-order valence-corrected chi connectivity index (χ2v) is 12.6. The van der Waals surface area contributed by atoms with Gasteiger partial charge in [-0.15, -0.1) is 0 Å². The minimum atomic E-state index is -4.78. The van der Waals surface area contributed by atoms with Crippen molar-refractivity contribution in [1.29, 1.82) is 5.26 Å². The Hall–Kier alpha value is -2.98. The van der Waals surface area contributed by atoms with Gasteiger partial charge in [-0.2, -0.15) is 23.5 Å². The molecule has 0 radical (unpaired) electrons. The molecule has 0 bridgehead atoms. The lowest BCUT2D eigenvalue weighted by molar-refractivity contribution is -0.257. The molecular formula is C25H30ClF3N4O5S. The summed E-state index contributed by atoms with van der Waals surface area (Å²) in [5, 5.41) is 13.3. The SMILES string of the molecule is CCn1cc(S(=O)(=O)N2c3cc(CC(=O)OC(C)(C)C(F)(F)F)ccc3O[C@@H](CC(C)(C)C#N)[C@H]2C)c(Cl)n1. The number of hydrogen-bond donors (Lipinski definition) is 0. The first kappa shape index (κ1) is 30.6. The Bertz CT molecular complexity index is 1400. The van der Waals surface area contributed by atoms with E-state index in [1.807, 2.05) is 0 Å². The van der Waals surface area contributed by atoms with Crippen molar-refractivity contribution in [3.05, 3.63) is 35.1 Å².